The van der Waals surface area contributed by atoms with Crippen molar-refractivity contribution in [1.29, 1.82) is 0 Å². The summed E-state index contributed by atoms with van der Waals surface area (Å²) >= 11 is 0. The molecule has 2 aliphatic heterocycles. The summed E-state index contributed by atoms with van der Waals surface area (Å²) in [4.78, 5) is 2.69. The lowest BCUT2D eigenvalue weighted by atomic mass is 9.75. The van der Waals surface area contributed by atoms with E-state index in [1.807, 2.05) is 0 Å². The normalized spacial score (nSPS) is 29.5. The van der Waals surface area contributed by atoms with E-state index in [9.17, 15) is 0 Å². The van der Waals surface area contributed by atoms with Crippen LogP contribution in [0.2, 0.25) is 0 Å². The van der Waals surface area contributed by atoms with E-state index in [2.05, 4.69) is 31.0 Å². The van der Waals surface area contributed by atoms with Gasteiger partial charge in [-0.05, 0) is 56.7 Å². The summed E-state index contributed by atoms with van der Waals surface area (Å²) in [6.07, 6.45) is 6.99. The van der Waals surface area contributed by atoms with Gasteiger partial charge in [-0.3, -0.25) is 0 Å². The van der Waals surface area contributed by atoms with Gasteiger partial charge in [-0.2, -0.15) is 0 Å². The Kier molecular flexibility index (Phi) is 4.48. The quantitative estimate of drug-likeness (QED) is 0.796. The number of likely N-dealkylation sites (tertiary alicyclic amines) is 1. The van der Waals surface area contributed by atoms with Crippen molar-refractivity contribution in [3.05, 3.63) is 0 Å². The van der Waals surface area contributed by atoms with E-state index >= 15 is 0 Å². The summed E-state index contributed by atoms with van der Waals surface area (Å²) in [5.74, 6) is 0.929. The molecule has 2 saturated heterocycles. The van der Waals surface area contributed by atoms with Gasteiger partial charge in [-0.15, -0.1) is 0 Å². The molecule has 0 amide bonds. The lowest BCUT2D eigenvalue weighted by Gasteiger charge is -2.40. The molecular weight excluding hydrogens is 208 g/mol. The predicted molar refractivity (Wildman–Crippen MR) is 74.3 cm³/mol. The van der Waals surface area contributed by atoms with Crippen molar-refractivity contribution in [1.82, 2.24) is 10.2 Å². The first-order chi connectivity index (χ1) is 8.05. The lowest BCUT2D eigenvalue weighted by molar-refractivity contribution is 0.102. The fourth-order valence-corrected chi connectivity index (χ4v) is 3.37. The Labute approximate surface area is 107 Å². The van der Waals surface area contributed by atoms with E-state index in [1.165, 1.54) is 58.3 Å². The standard InChI is InChI=1S/C15H30N2/c1-15(2,3)13-7-10-17(11-8-13)12-14-6-4-5-9-16-14/h13-14,16H,4-12H2,1-3H3. The van der Waals surface area contributed by atoms with E-state index < -0.39 is 0 Å². The second-order valence-corrected chi connectivity index (χ2v) is 7.09. The average Bonchev–Trinajstić information content (AvgIpc) is 2.30. The minimum Gasteiger partial charge on any atom is -0.313 e. The fraction of sp³-hybridized carbons (Fsp3) is 1.00. The smallest absolute Gasteiger partial charge is 0.0195 e. The first-order valence-electron chi connectivity index (χ1n) is 7.51. The molecule has 100 valence electrons. The fourth-order valence-electron chi connectivity index (χ4n) is 3.37. The average molecular weight is 238 g/mol. The summed E-state index contributed by atoms with van der Waals surface area (Å²) < 4.78 is 0. The minimum atomic E-state index is 0.509. The lowest BCUT2D eigenvalue weighted by Crippen LogP contribution is -2.47. The van der Waals surface area contributed by atoms with Crippen LogP contribution in [0.5, 0.6) is 0 Å². The second kappa shape index (κ2) is 5.71. The van der Waals surface area contributed by atoms with E-state index in [-0.39, 0.29) is 0 Å². The molecule has 0 aromatic carbocycles. The molecule has 1 unspecified atom stereocenters. The van der Waals surface area contributed by atoms with Crippen molar-refractivity contribution < 1.29 is 0 Å². The van der Waals surface area contributed by atoms with Gasteiger partial charge in [-0.25, -0.2) is 0 Å². The van der Waals surface area contributed by atoms with Gasteiger partial charge in [0.1, 0.15) is 0 Å². The third-order valence-corrected chi connectivity index (χ3v) is 4.70. The Morgan fingerprint density at radius 2 is 1.76 bits per heavy atom. The molecule has 0 aromatic rings. The molecular formula is C15H30N2. The van der Waals surface area contributed by atoms with E-state index in [0.29, 0.717) is 5.41 Å². The Morgan fingerprint density at radius 3 is 2.29 bits per heavy atom. The Balaban J connectivity index is 1.71. The van der Waals surface area contributed by atoms with Gasteiger partial charge in [-0.1, -0.05) is 27.2 Å². The molecule has 0 spiro atoms. The van der Waals surface area contributed by atoms with Gasteiger partial charge in [0.05, 0.1) is 0 Å². The number of piperidine rings is 2. The van der Waals surface area contributed by atoms with Gasteiger partial charge >= 0.3 is 0 Å². The van der Waals surface area contributed by atoms with Crippen molar-refractivity contribution in [3.8, 4) is 0 Å². The predicted octanol–water partition coefficient (Wildman–Crippen LogP) is 2.89. The third-order valence-electron chi connectivity index (χ3n) is 4.70. The van der Waals surface area contributed by atoms with E-state index in [0.717, 1.165) is 12.0 Å². The zero-order valence-electron chi connectivity index (χ0n) is 12.0. The SMILES string of the molecule is CC(C)(C)C1CCN(CC2CCCCN2)CC1. The van der Waals surface area contributed by atoms with Gasteiger partial charge in [0.2, 0.25) is 0 Å². The topological polar surface area (TPSA) is 15.3 Å². The number of nitrogens with zero attached hydrogens (tertiary/aromatic N) is 1. The minimum absolute atomic E-state index is 0.509. The van der Waals surface area contributed by atoms with Crippen LogP contribution >= 0.6 is 0 Å². The monoisotopic (exact) mass is 238 g/mol. The van der Waals surface area contributed by atoms with Crippen molar-refractivity contribution in [2.75, 3.05) is 26.2 Å². The molecule has 2 fully saturated rings. The molecule has 1 N–H and O–H groups in total. The maximum atomic E-state index is 3.67. The van der Waals surface area contributed by atoms with Crippen LogP contribution in [0.3, 0.4) is 0 Å². The molecule has 1 atom stereocenters. The largest absolute Gasteiger partial charge is 0.313 e. The Morgan fingerprint density at radius 1 is 1.06 bits per heavy atom. The van der Waals surface area contributed by atoms with Crippen LogP contribution in [0.1, 0.15) is 52.9 Å². The van der Waals surface area contributed by atoms with Crippen LogP contribution in [0, 0.1) is 11.3 Å². The molecule has 0 bridgehead atoms. The number of nitrogens with one attached hydrogen (secondary N) is 1. The summed E-state index contributed by atoms with van der Waals surface area (Å²) in [6.45, 7) is 12.4. The first kappa shape index (κ1) is 13.4. The summed E-state index contributed by atoms with van der Waals surface area (Å²) in [5, 5.41) is 3.67. The number of rotatable bonds is 2. The third kappa shape index (κ3) is 3.96. The molecule has 17 heavy (non-hydrogen) atoms. The van der Waals surface area contributed by atoms with Gasteiger partial charge in [0.25, 0.3) is 0 Å². The molecule has 2 heteroatoms. The Bertz CT molecular complexity index is 218. The highest BCUT2D eigenvalue weighted by molar-refractivity contribution is 4.83. The maximum Gasteiger partial charge on any atom is 0.0195 e. The zero-order chi connectivity index (χ0) is 12.3. The van der Waals surface area contributed by atoms with Crippen LogP contribution in [-0.2, 0) is 0 Å². The van der Waals surface area contributed by atoms with Crippen molar-refractivity contribution >= 4 is 0 Å². The second-order valence-electron chi connectivity index (χ2n) is 7.09. The van der Waals surface area contributed by atoms with Gasteiger partial charge in [0.15, 0.2) is 0 Å². The molecule has 0 saturated carbocycles. The van der Waals surface area contributed by atoms with Crippen LogP contribution in [0.4, 0.5) is 0 Å². The number of hydrogen-bond acceptors (Lipinski definition) is 2. The zero-order valence-corrected chi connectivity index (χ0v) is 12.0. The highest BCUT2D eigenvalue weighted by Crippen LogP contribution is 2.34. The molecule has 2 rings (SSSR count). The van der Waals surface area contributed by atoms with E-state index in [4.69, 9.17) is 0 Å². The van der Waals surface area contributed by atoms with Crippen LogP contribution in [0.25, 0.3) is 0 Å². The molecule has 0 radical (unpaired) electrons. The molecule has 0 aliphatic carbocycles. The summed E-state index contributed by atoms with van der Waals surface area (Å²) in [6, 6.07) is 0.773. The maximum absolute atomic E-state index is 3.67. The molecule has 0 aromatic heterocycles. The van der Waals surface area contributed by atoms with Crippen LogP contribution in [-0.4, -0.2) is 37.1 Å². The van der Waals surface area contributed by atoms with Crippen molar-refractivity contribution in [3.63, 3.8) is 0 Å². The number of hydrogen-bond donors (Lipinski definition) is 1. The van der Waals surface area contributed by atoms with Gasteiger partial charge in [0, 0.05) is 12.6 Å². The highest BCUT2D eigenvalue weighted by Gasteiger charge is 2.29. The van der Waals surface area contributed by atoms with E-state index in [1.54, 1.807) is 0 Å². The van der Waals surface area contributed by atoms with Gasteiger partial charge < -0.3 is 10.2 Å². The first-order valence-corrected chi connectivity index (χ1v) is 7.51. The molecule has 2 nitrogen and oxygen atoms in total. The highest BCUT2D eigenvalue weighted by atomic mass is 15.2. The van der Waals surface area contributed by atoms with Crippen molar-refractivity contribution in [2.45, 2.75) is 58.9 Å². The van der Waals surface area contributed by atoms with Crippen molar-refractivity contribution in [2.24, 2.45) is 11.3 Å². The van der Waals surface area contributed by atoms with Crippen LogP contribution in [0.15, 0.2) is 0 Å². The molecule has 2 heterocycles. The summed E-state index contributed by atoms with van der Waals surface area (Å²) in [5.41, 5.74) is 0.509. The molecule has 2 aliphatic rings. The Hall–Kier alpha value is -0.0800. The summed E-state index contributed by atoms with van der Waals surface area (Å²) in [7, 11) is 0. The van der Waals surface area contributed by atoms with Crippen LogP contribution < -0.4 is 5.32 Å².